The van der Waals surface area contributed by atoms with Gasteiger partial charge in [0.2, 0.25) is 5.91 Å². The lowest BCUT2D eigenvalue weighted by atomic mass is 9.88. The number of thiazole rings is 1. The molecule has 2 amide bonds. The van der Waals surface area contributed by atoms with Gasteiger partial charge in [0.1, 0.15) is 36.2 Å². The SMILES string of the molecule is CON=C(C(=O)NC1C(=O)N2CC(COC(=O)c3ccc([N+](=O)[O-])cc3)(C(=O)O)CS[C@H]12)c1csc(N)n1. The lowest BCUT2D eigenvalue weighted by Crippen LogP contribution is -2.74. The van der Waals surface area contributed by atoms with Crippen LogP contribution in [0.1, 0.15) is 16.1 Å². The average Bonchev–Trinajstić information content (AvgIpc) is 3.34. The number of esters is 1. The number of hydrogen-bond acceptors (Lipinski definition) is 13. The lowest BCUT2D eigenvalue weighted by Gasteiger charge is -2.53. The van der Waals surface area contributed by atoms with Gasteiger partial charge >= 0.3 is 11.9 Å². The number of hydrogen-bond donors (Lipinski definition) is 3. The van der Waals surface area contributed by atoms with Crippen LogP contribution in [0.2, 0.25) is 0 Å². The molecule has 0 spiro atoms. The molecule has 17 heteroatoms. The molecule has 2 aromatic rings. The summed E-state index contributed by atoms with van der Waals surface area (Å²) in [4.78, 5) is 70.4. The Morgan fingerprint density at radius 1 is 1.37 bits per heavy atom. The van der Waals surface area contributed by atoms with E-state index in [1.54, 1.807) is 0 Å². The highest BCUT2D eigenvalue weighted by atomic mass is 32.2. The number of anilines is 1. The van der Waals surface area contributed by atoms with Gasteiger partial charge in [0.25, 0.3) is 11.6 Å². The molecule has 0 bridgehead atoms. The fraction of sp³-hybridized carbons (Fsp3) is 0.333. The molecule has 3 heterocycles. The molecule has 38 heavy (non-hydrogen) atoms. The number of carbonyl (C=O) groups is 4. The number of carboxylic acid groups (broad SMARTS) is 1. The van der Waals surface area contributed by atoms with Crippen molar-refractivity contribution in [2.45, 2.75) is 11.4 Å². The van der Waals surface area contributed by atoms with Gasteiger partial charge in [-0.1, -0.05) is 5.16 Å². The minimum Gasteiger partial charge on any atom is -0.481 e. The van der Waals surface area contributed by atoms with Crippen LogP contribution in [-0.4, -0.2) is 86.8 Å². The van der Waals surface area contributed by atoms with Crippen LogP contribution in [0.4, 0.5) is 10.8 Å². The number of amides is 2. The molecule has 200 valence electrons. The van der Waals surface area contributed by atoms with Crippen LogP contribution in [0.5, 0.6) is 0 Å². The Labute approximate surface area is 222 Å². The second kappa shape index (κ2) is 10.6. The predicted molar refractivity (Wildman–Crippen MR) is 133 cm³/mol. The maximum atomic E-state index is 12.8. The third-order valence-electron chi connectivity index (χ3n) is 5.84. The number of thioether (sulfide) groups is 1. The quantitative estimate of drug-likeness (QED) is 0.123. The highest BCUT2D eigenvalue weighted by Gasteiger charge is 2.58. The molecule has 2 aliphatic rings. The number of β-lactam (4-membered cyclic amide) rings is 1. The zero-order valence-electron chi connectivity index (χ0n) is 19.6. The first kappa shape index (κ1) is 26.8. The van der Waals surface area contributed by atoms with Crippen LogP contribution in [0.15, 0.2) is 34.8 Å². The number of fused-ring (bicyclic) bond motifs is 1. The second-order valence-electron chi connectivity index (χ2n) is 8.28. The Balaban J connectivity index is 1.40. The molecule has 4 N–H and O–H groups in total. The molecule has 2 saturated heterocycles. The van der Waals surface area contributed by atoms with Crippen molar-refractivity contribution < 1.29 is 38.8 Å². The number of benzene rings is 1. The lowest BCUT2D eigenvalue weighted by molar-refractivity contribution is -0.384. The largest absolute Gasteiger partial charge is 0.481 e. The maximum absolute atomic E-state index is 12.8. The van der Waals surface area contributed by atoms with Gasteiger partial charge in [-0.25, -0.2) is 9.78 Å². The van der Waals surface area contributed by atoms with Gasteiger partial charge in [-0.2, -0.15) is 0 Å². The minimum atomic E-state index is -1.59. The molecule has 0 aliphatic carbocycles. The molecule has 2 aliphatic heterocycles. The maximum Gasteiger partial charge on any atom is 0.338 e. The summed E-state index contributed by atoms with van der Waals surface area (Å²) in [5.41, 5.74) is 3.81. The number of carbonyl (C=O) groups excluding carboxylic acids is 3. The number of aromatic nitrogens is 1. The Kier molecular flexibility index (Phi) is 7.49. The Morgan fingerprint density at radius 3 is 2.66 bits per heavy atom. The Morgan fingerprint density at radius 2 is 2.08 bits per heavy atom. The van der Waals surface area contributed by atoms with Crippen molar-refractivity contribution in [3.8, 4) is 0 Å². The van der Waals surface area contributed by atoms with Crippen molar-refractivity contribution in [2.24, 2.45) is 10.6 Å². The highest BCUT2D eigenvalue weighted by Crippen LogP contribution is 2.42. The van der Waals surface area contributed by atoms with Crippen molar-refractivity contribution in [1.29, 1.82) is 0 Å². The van der Waals surface area contributed by atoms with Crippen LogP contribution >= 0.6 is 23.1 Å². The second-order valence-corrected chi connectivity index (χ2v) is 10.3. The first-order chi connectivity index (χ1) is 18.1. The van der Waals surface area contributed by atoms with Crippen LogP contribution < -0.4 is 11.1 Å². The average molecular weight is 565 g/mol. The summed E-state index contributed by atoms with van der Waals surface area (Å²) in [6, 6.07) is 3.72. The van der Waals surface area contributed by atoms with E-state index in [1.807, 2.05) is 0 Å². The van der Waals surface area contributed by atoms with E-state index in [0.29, 0.717) is 0 Å². The molecular formula is C21H20N6O9S2. The summed E-state index contributed by atoms with van der Waals surface area (Å²) in [5.74, 6) is -3.38. The number of non-ortho nitro benzene ring substituents is 1. The van der Waals surface area contributed by atoms with Gasteiger partial charge in [0, 0.05) is 29.8 Å². The standard InChI is InChI=1S/C21H20N6O9S2/c1-35-25-13(12-6-37-20(22)23-12)15(28)24-14-16(29)26-7-21(19(31)32,9-38-17(14)26)8-36-18(30)10-2-4-11(5-3-10)27(33)34/h2-6,14,17H,7-9H2,1H3,(H2,22,23)(H,24,28)(H,31,32)/t14?,17-,21?/m1/s1. The highest BCUT2D eigenvalue weighted by molar-refractivity contribution is 8.00. The van der Waals surface area contributed by atoms with E-state index in [1.165, 1.54) is 29.5 Å². The first-order valence-electron chi connectivity index (χ1n) is 10.8. The number of carboxylic acids is 1. The zero-order chi connectivity index (χ0) is 27.6. The zero-order valence-corrected chi connectivity index (χ0v) is 21.2. The molecule has 15 nitrogen and oxygen atoms in total. The number of nitro groups is 1. The number of nitrogens with one attached hydrogen (secondary N) is 1. The van der Waals surface area contributed by atoms with Crippen LogP contribution in [0.25, 0.3) is 0 Å². The van der Waals surface area contributed by atoms with E-state index < -0.39 is 52.1 Å². The van der Waals surface area contributed by atoms with Gasteiger partial charge in [0.05, 0.1) is 10.5 Å². The van der Waals surface area contributed by atoms with E-state index in [-0.39, 0.29) is 40.1 Å². The molecule has 1 aromatic heterocycles. The molecule has 2 fully saturated rings. The number of ether oxygens (including phenoxy) is 1. The summed E-state index contributed by atoms with van der Waals surface area (Å²) in [5, 5.41) is 28.1. The van der Waals surface area contributed by atoms with Crippen molar-refractivity contribution in [3.05, 3.63) is 51.0 Å². The van der Waals surface area contributed by atoms with E-state index in [4.69, 9.17) is 15.3 Å². The topological polar surface area (TPSA) is 217 Å². The van der Waals surface area contributed by atoms with E-state index >= 15 is 0 Å². The first-order valence-corrected chi connectivity index (χ1v) is 12.7. The van der Waals surface area contributed by atoms with Gasteiger partial charge in [0.15, 0.2) is 10.8 Å². The monoisotopic (exact) mass is 564 g/mol. The molecule has 0 saturated carbocycles. The number of nitrogens with zero attached hydrogens (tertiary/aromatic N) is 4. The molecule has 2 unspecified atom stereocenters. The number of nitro benzene ring substituents is 1. The molecule has 3 atom stereocenters. The minimum absolute atomic E-state index is 0.00989. The number of rotatable bonds is 9. The number of nitrogens with two attached hydrogens (primary N) is 1. The Bertz CT molecular complexity index is 1330. The third kappa shape index (κ3) is 5.10. The summed E-state index contributed by atoms with van der Waals surface area (Å²) in [6.07, 6.45) is 0. The van der Waals surface area contributed by atoms with Crippen molar-refractivity contribution >= 4 is 63.4 Å². The third-order valence-corrected chi connectivity index (χ3v) is 8.10. The fourth-order valence-corrected chi connectivity index (χ4v) is 5.88. The number of aliphatic carboxylic acids is 1. The molecule has 0 radical (unpaired) electrons. The molecule has 4 rings (SSSR count). The summed E-state index contributed by atoms with van der Waals surface area (Å²) >= 11 is 2.21. The predicted octanol–water partition coefficient (Wildman–Crippen LogP) is 0.312. The Hall–Kier alpha value is -4.25. The summed E-state index contributed by atoms with van der Waals surface area (Å²) in [6.45, 7) is -0.783. The van der Waals surface area contributed by atoms with Gasteiger partial charge in [-0.05, 0) is 12.1 Å². The summed E-state index contributed by atoms with van der Waals surface area (Å²) in [7, 11) is 1.25. The van der Waals surface area contributed by atoms with Gasteiger partial charge in [-0.15, -0.1) is 23.1 Å². The van der Waals surface area contributed by atoms with Crippen LogP contribution in [0, 0.1) is 15.5 Å². The van der Waals surface area contributed by atoms with E-state index in [0.717, 1.165) is 35.2 Å². The fourth-order valence-electron chi connectivity index (χ4n) is 3.81. The van der Waals surface area contributed by atoms with Crippen molar-refractivity contribution in [2.75, 3.05) is 31.7 Å². The van der Waals surface area contributed by atoms with Gasteiger partial charge < -0.3 is 30.6 Å². The van der Waals surface area contributed by atoms with Gasteiger partial charge in [-0.3, -0.25) is 24.5 Å². The van der Waals surface area contributed by atoms with Crippen LogP contribution in [-0.2, 0) is 24.0 Å². The molecular weight excluding hydrogens is 544 g/mol. The van der Waals surface area contributed by atoms with E-state index in [2.05, 4.69) is 15.5 Å². The number of oxime groups is 1. The summed E-state index contributed by atoms with van der Waals surface area (Å²) < 4.78 is 5.22. The molecule has 1 aromatic carbocycles. The number of nitrogen functional groups attached to an aromatic ring is 1. The van der Waals surface area contributed by atoms with Crippen LogP contribution in [0.3, 0.4) is 0 Å². The smallest absolute Gasteiger partial charge is 0.338 e. The van der Waals surface area contributed by atoms with E-state index in [9.17, 15) is 34.4 Å². The van der Waals surface area contributed by atoms with Crippen molar-refractivity contribution in [3.63, 3.8) is 0 Å². The normalized spacial score (nSPS) is 22.6. The van der Waals surface area contributed by atoms with Crippen molar-refractivity contribution in [1.82, 2.24) is 15.2 Å².